The van der Waals surface area contributed by atoms with Crippen LogP contribution in [0.3, 0.4) is 0 Å². The number of fused-ring (bicyclic) bond motifs is 1. The molecule has 0 unspecified atom stereocenters. The highest BCUT2D eigenvalue weighted by Crippen LogP contribution is 2.33. The van der Waals surface area contributed by atoms with Gasteiger partial charge in [-0.1, -0.05) is 22.0 Å². The number of sulfonamides is 1. The average Bonchev–Trinajstić information content (AvgIpc) is 2.60. The molecule has 0 aliphatic heterocycles. The van der Waals surface area contributed by atoms with Crippen LogP contribution in [0.2, 0.25) is 0 Å². The van der Waals surface area contributed by atoms with Gasteiger partial charge in [-0.15, -0.1) is 9.51 Å². The molecule has 1 aromatic heterocycles. The zero-order valence-corrected chi connectivity index (χ0v) is 16.1. The molecule has 0 spiro atoms. The van der Waals surface area contributed by atoms with E-state index in [0.717, 1.165) is 15.2 Å². The number of benzene rings is 2. The number of azo groups is 1. The number of aromatic nitrogens is 1. The minimum absolute atomic E-state index is 0.0647. The van der Waals surface area contributed by atoms with Crippen molar-refractivity contribution in [1.82, 2.24) is 4.98 Å². The third-order valence-electron chi connectivity index (χ3n) is 3.48. The van der Waals surface area contributed by atoms with E-state index in [2.05, 4.69) is 35.5 Å². The lowest BCUT2D eigenvalue weighted by atomic mass is 10.1. The lowest BCUT2D eigenvalue weighted by Crippen LogP contribution is -2.24. The zero-order valence-electron chi connectivity index (χ0n) is 13.7. The van der Waals surface area contributed by atoms with Gasteiger partial charge in [0.05, 0.1) is 10.6 Å². The fourth-order valence-electron chi connectivity index (χ4n) is 2.27. The van der Waals surface area contributed by atoms with Crippen LogP contribution in [0.15, 0.2) is 72.7 Å². The minimum atomic E-state index is -3.95. The number of anilines is 1. The van der Waals surface area contributed by atoms with Crippen LogP contribution in [0.1, 0.15) is 0 Å². The maximum absolute atomic E-state index is 11.9. The highest BCUT2D eigenvalue weighted by atomic mass is 79.9. The number of nitrogens with two attached hydrogens (primary N) is 3. The van der Waals surface area contributed by atoms with Crippen molar-refractivity contribution in [3.8, 4) is 0 Å². The quantitative estimate of drug-likeness (QED) is 0.316. The van der Waals surface area contributed by atoms with Crippen LogP contribution in [0, 0.1) is 0 Å². The van der Waals surface area contributed by atoms with Crippen molar-refractivity contribution in [2.75, 3.05) is 5.73 Å². The van der Waals surface area contributed by atoms with Crippen LogP contribution in [0.4, 0.5) is 17.2 Å². The number of nitrogens with zero attached hydrogens (tertiary/aromatic N) is 4. The summed E-state index contributed by atoms with van der Waals surface area (Å²) < 4.78 is 27.9. The van der Waals surface area contributed by atoms with Crippen LogP contribution >= 0.6 is 15.9 Å². The van der Waals surface area contributed by atoms with E-state index in [4.69, 9.17) is 17.2 Å². The molecular formula is C16H14BrN7O2S. The summed E-state index contributed by atoms with van der Waals surface area (Å²) in [6.45, 7) is 0. The van der Waals surface area contributed by atoms with Crippen molar-refractivity contribution >= 4 is 59.9 Å². The fraction of sp³-hybridized carbons (Fsp3) is 0. The molecule has 27 heavy (non-hydrogen) atoms. The van der Waals surface area contributed by atoms with Gasteiger partial charge < -0.3 is 17.2 Å². The van der Waals surface area contributed by atoms with Gasteiger partial charge in [0.2, 0.25) is 5.96 Å². The lowest BCUT2D eigenvalue weighted by Gasteiger charge is -2.04. The fourth-order valence-corrected chi connectivity index (χ4v) is 3.50. The number of halogens is 1. The Morgan fingerprint density at radius 3 is 2.41 bits per heavy atom. The molecule has 9 nitrogen and oxygen atoms in total. The van der Waals surface area contributed by atoms with E-state index in [-0.39, 0.29) is 10.7 Å². The summed E-state index contributed by atoms with van der Waals surface area (Å²) in [5.74, 6) is -0.305. The SMILES string of the molecule is NC(N)=NS(=O)(=O)c1ccc(N=Nc2c(N)ncc3ccc(Br)cc23)cc1. The van der Waals surface area contributed by atoms with Gasteiger partial charge in [0.15, 0.2) is 5.82 Å². The van der Waals surface area contributed by atoms with Crippen LogP contribution in [0.5, 0.6) is 0 Å². The first kappa shape index (κ1) is 18.7. The highest BCUT2D eigenvalue weighted by molar-refractivity contribution is 9.10. The van der Waals surface area contributed by atoms with Crippen molar-refractivity contribution in [2.24, 2.45) is 26.1 Å². The van der Waals surface area contributed by atoms with Gasteiger partial charge in [-0.2, -0.15) is 13.5 Å². The van der Waals surface area contributed by atoms with E-state index in [1.807, 2.05) is 18.2 Å². The van der Waals surface area contributed by atoms with Crippen molar-refractivity contribution in [3.05, 3.63) is 53.1 Å². The number of guanidine groups is 1. The van der Waals surface area contributed by atoms with E-state index in [1.54, 1.807) is 6.20 Å². The van der Waals surface area contributed by atoms with Crippen molar-refractivity contribution in [2.45, 2.75) is 4.90 Å². The largest absolute Gasteiger partial charge is 0.382 e. The molecule has 138 valence electrons. The van der Waals surface area contributed by atoms with Crippen molar-refractivity contribution < 1.29 is 8.42 Å². The average molecular weight is 448 g/mol. The van der Waals surface area contributed by atoms with Gasteiger partial charge >= 0.3 is 0 Å². The summed E-state index contributed by atoms with van der Waals surface area (Å²) in [5, 5.41) is 9.94. The second-order valence-corrected chi connectivity index (χ2v) is 7.93. The van der Waals surface area contributed by atoms with Crippen LogP contribution in [-0.4, -0.2) is 19.4 Å². The summed E-state index contributed by atoms with van der Waals surface area (Å²) >= 11 is 3.41. The van der Waals surface area contributed by atoms with Gasteiger partial charge in [-0.25, -0.2) is 4.98 Å². The number of pyridine rings is 1. The van der Waals surface area contributed by atoms with E-state index in [0.29, 0.717) is 11.4 Å². The molecule has 0 saturated heterocycles. The zero-order chi connectivity index (χ0) is 19.6. The van der Waals surface area contributed by atoms with Gasteiger partial charge in [0.25, 0.3) is 10.0 Å². The number of rotatable bonds is 4. The Morgan fingerprint density at radius 1 is 1.04 bits per heavy atom. The lowest BCUT2D eigenvalue weighted by molar-refractivity contribution is 0.598. The summed E-state index contributed by atoms with van der Waals surface area (Å²) in [6, 6.07) is 11.2. The topological polar surface area (TPSA) is 162 Å². The van der Waals surface area contributed by atoms with Crippen LogP contribution in [-0.2, 0) is 10.0 Å². The molecule has 0 amide bonds. The van der Waals surface area contributed by atoms with E-state index >= 15 is 0 Å². The molecule has 2 aromatic carbocycles. The first-order valence-corrected chi connectivity index (χ1v) is 9.71. The third-order valence-corrected chi connectivity index (χ3v) is 5.29. The first-order chi connectivity index (χ1) is 12.8. The maximum atomic E-state index is 11.9. The van der Waals surface area contributed by atoms with Gasteiger partial charge in [-0.05, 0) is 36.4 Å². The summed E-state index contributed by atoms with van der Waals surface area (Å²) in [7, 11) is -3.95. The normalized spacial score (nSPS) is 11.7. The Bertz CT molecular complexity index is 1170. The second-order valence-electron chi connectivity index (χ2n) is 5.41. The van der Waals surface area contributed by atoms with Gasteiger partial charge in [0.1, 0.15) is 5.69 Å². The van der Waals surface area contributed by atoms with Crippen LogP contribution < -0.4 is 17.2 Å². The predicted octanol–water partition coefficient (Wildman–Crippen LogP) is 2.96. The molecule has 0 fully saturated rings. The highest BCUT2D eigenvalue weighted by Gasteiger charge is 2.13. The minimum Gasteiger partial charge on any atom is -0.382 e. The molecule has 0 aliphatic carbocycles. The molecule has 6 N–H and O–H groups in total. The third kappa shape index (κ3) is 4.20. The number of hydrogen-bond acceptors (Lipinski definition) is 6. The standard InChI is InChI=1S/C16H14BrN7O2S/c17-10-2-1-9-8-21-15(18)14(13(9)7-10)23-22-11-3-5-12(6-4-11)27(25,26)24-16(19)20/h1-8H,(H2,18,21)(H4,19,20,24). The molecule has 0 aliphatic rings. The summed E-state index contributed by atoms with van der Waals surface area (Å²) in [5.41, 5.74) is 17.0. The van der Waals surface area contributed by atoms with E-state index < -0.39 is 16.0 Å². The Kier molecular flexibility index (Phi) is 5.06. The van der Waals surface area contributed by atoms with Crippen molar-refractivity contribution in [1.29, 1.82) is 0 Å². The molecule has 3 rings (SSSR count). The Hall–Kier alpha value is -3.05. The Balaban J connectivity index is 1.96. The summed E-state index contributed by atoms with van der Waals surface area (Å²) in [4.78, 5) is 4.05. The second kappa shape index (κ2) is 7.29. The maximum Gasteiger partial charge on any atom is 0.285 e. The molecule has 0 radical (unpaired) electrons. The first-order valence-electron chi connectivity index (χ1n) is 7.48. The summed E-state index contributed by atoms with van der Waals surface area (Å²) in [6.07, 6.45) is 1.65. The molecular weight excluding hydrogens is 434 g/mol. The monoisotopic (exact) mass is 447 g/mol. The smallest absolute Gasteiger partial charge is 0.285 e. The van der Waals surface area contributed by atoms with Crippen LogP contribution in [0.25, 0.3) is 10.8 Å². The van der Waals surface area contributed by atoms with Gasteiger partial charge in [-0.3, -0.25) is 0 Å². The predicted molar refractivity (Wildman–Crippen MR) is 107 cm³/mol. The number of nitrogen functional groups attached to an aromatic ring is 1. The Labute approximate surface area is 163 Å². The Morgan fingerprint density at radius 2 is 1.74 bits per heavy atom. The molecule has 0 atom stereocenters. The molecule has 0 saturated carbocycles. The van der Waals surface area contributed by atoms with Gasteiger partial charge in [0, 0.05) is 21.4 Å². The van der Waals surface area contributed by atoms with E-state index in [1.165, 1.54) is 24.3 Å². The van der Waals surface area contributed by atoms with Crippen molar-refractivity contribution in [3.63, 3.8) is 0 Å². The molecule has 1 heterocycles. The molecule has 3 aromatic rings. The van der Waals surface area contributed by atoms with E-state index in [9.17, 15) is 8.42 Å². The molecule has 11 heteroatoms. The number of hydrogen-bond donors (Lipinski definition) is 3. The molecule has 0 bridgehead atoms.